The van der Waals surface area contributed by atoms with Gasteiger partial charge in [0.1, 0.15) is 12.4 Å². The van der Waals surface area contributed by atoms with Crippen molar-refractivity contribution >= 4 is 5.97 Å². The number of rotatable bonds is 6. The second-order valence-corrected chi connectivity index (χ2v) is 5.68. The first-order valence-electron chi connectivity index (χ1n) is 7.95. The highest BCUT2D eigenvalue weighted by Crippen LogP contribution is 2.17. The number of carboxylic acids is 1. The number of aromatic carboxylic acids is 1. The van der Waals surface area contributed by atoms with Crippen molar-refractivity contribution in [2.75, 3.05) is 13.2 Å². The summed E-state index contributed by atoms with van der Waals surface area (Å²) in [5.41, 5.74) is 0.264. The van der Waals surface area contributed by atoms with Gasteiger partial charge in [0.2, 0.25) is 0 Å². The molecule has 1 aromatic carbocycles. The number of nitrogens with one attached hydrogen (secondary N) is 1. The summed E-state index contributed by atoms with van der Waals surface area (Å²) in [6, 6.07) is 7.25. The van der Waals surface area contributed by atoms with Gasteiger partial charge in [-0.05, 0) is 31.0 Å². The van der Waals surface area contributed by atoms with Gasteiger partial charge in [0.25, 0.3) is 0 Å². The van der Waals surface area contributed by atoms with Crippen LogP contribution in [0.4, 0.5) is 0 Å². The summed E-state index contributed by atoms with van der Waals surface area (Å²) in [4.78, 5) is 10.9. The Bertz CT molecular complexity index is 439. The van der Waals surface area contributed by atoms with Crippen molar-refractivity contribution in [1.82, 2.24) is 5.32 Å². The summed E-state index contributed by atoms with van der Waals surface area (Å²) in [5.74, 6) is -0.303. The third-order valence-electron chi connectivity index (χ3n) is 3.99. The van der Waals surface area contributed by atoms with E-state index in [4.69, 9.17) is 9.84 Å². The number of ether oxygens (including phenoxy) is 1. The molecule has 2 rings (SSSR count). The first-order valence-corrected chi connectivity index (χ1v) is 7.95. The van der Waals surface area contributed by atoms with Gasteiger partial charge in [-0.2, -0.15) is 0 Å². The van der Waals surface area contributed by atoms with Gasteiger partial charge in [0, 0.05) is 12.6 Å². The lowest BCUT2D eigenvalue weighted by molar-refractivity contribution is 0.0696. The summed E-state index contributed by atoms with van der Waals surface area (Å²) in [6.07, 6.45) is 9.25. The highest BCUT2D eigenvalue weighted by molar-refractivity contribution is 5.87. The fourth-order valence-corrected chi connectivity index (χ4v) is 2.81. The molecule has 0 amide bonds. The zero-order chi connectivity index (χ0) is 14.9. The lowest BCUT2D eigenvalue weighted by atomic mass is 9.97. The molecule has 1 aliphatic carbocycles. The Morgan fingerprint density at radius 2 is 1.90 bits per heavy atom. The van der Waals surface area contributed by atoms with Gasteiger partial charge in [-0.3, -0.25) is 0 Å². The molecule has 116 valence electrons. The van der Waals surface area contributed by atoms with Crippen LogP contribution in [0.2, 0.25) is 0 Å². The molecule has 0 aromatic heterocycles. The van der Waals surface area contributed by atoms with E-state index in [1.54, 1.807) is 24.3 Å². The molecule has 0 aliphatic heterocycles. The van der Waals surface area contributed by atoms with Crippen LogP contribution < -0.4 is 10.1 Å². The molecule has 4 heteroatoms. The first-order chi connectivity index (χ1) is 10.3. The van der Waals surface area contributed by atoms with Crippen molar-refractivity contribution in [3.63, 3.8) is 0 Å². The maximum Gasteiger partial charge on any atom is 0.335 e. The van der Waals surface area contributed by atoms with E-state index >= 15 is 0 Å². The molecule has 0 spiro atoms. The van der Waals surface area contributed by atoms with Crippen molar-refractivity contribution in [3.05, 3.63) is 29.8 Å². The van der Waals surface area contributed by atoms with Crippen molar-refractivity contribution in [3.8, 4) is 5.75 Å². The molecular weight excluding hydrogens is 266 g/mol. The third-order valence-corrected chi connectivity index (χ3v) is 3.99. The van der Waals surface area contributed by atoms with E-state index in [-0.39, 0.29) is 5.56 Å². The van der Waals surface area contributed by atoms with Crippen LogP contribution in [-0.2, 0) is 0 Å². The fourth-order valence-electron chi connectivity index (χ4n) is 2.81. The minimum absolute atomic E-state index is 0.264. The Kier molecular flexibility index (Phi) is 6.54. The van der Waals surface area contributed by atoms with Gasteiger partial charge < -0.3 is 15.2 Å². The topological polar surface area (TPSA) is 58.6 Å². The van der Waals surface area contributed by atoms with Gasteiger partial charge in [-0.25, -0.2) is 4.79 Å². The summed E-state index contributed by atoms with van der Waals surface area (Å²) < 4.78 is 5.62. The monoisotopic (exact) mass is 291 g/mol. The molecule has 0 atom stereocenters. The summed E-state index contributed by atoms with van der Waals surface area (Å²) in [6.45, 7) is 1.38. The molecule has 0 saturated heterocycles. The van der Waals surface area contributed by atoms with E-state index in [9.17, 15) is 4.79 Å². The molecule has 2 N–H and O–H groups in total. The highest BCUT2D eigenvalue weighted by atomic mass is 16.5. The molecule has 1 aliphatic rings. The van der Waals surface area contributed by atoms with E-state index in [1.807, 2.05) is 0 Å². The molecule has 1 saturated carbocycles. The van der Waals surface area contributed by atoms with E-state index in [0.717, 1.165) is 6.54 Å². The van der Waals surface area contributed by atoms with Crippen LogP contribution in [0.3, 0.4) is 0 Å². The second-order valence-electron chi connectivity index (χ2n) is 5.68. The number of benzene rings is 1. The van der Waals surface area contributed by atoms with Gasteiger partial charge in [-0.15, -0.1) is 0 Å². The average molecular weight is 291 g/mol. The molecule has 1 aromatic rings. The molecule has 0 heterocycles. The molecule has 0 unspecified atom stereocenters. The highest BCUT2D eigenvalue weighted by Gasteiger charge is 2.10. The van der Waals surface area contributed by atoms with E-state index in [0.29, 0.717) is 18.4 Å². The van der Waals surface area contributed by atoms with Gasteiger partial charge in [0.15, 0.2) is 0 Å². The largest absolute Gasteiger partial charge is 0.492 e. The number of hydrogen-bond donors (Lipinski definition) is 2. The maximum atomic E-state index is 10.9. The van der Waals surface area contributed by atoms with E-state index in [1.165, 1.54) is 44.9 Å². The minimum Gasteiger partial charge on any atom is -0.492 e. The Morgan fingerprint density at radius 3 is 2.62 bits per heavy atom. The molecule has 1 fully saturated rings. The van der Waals surface area contributed by atoms with Crippen LogP contribution >= 0.6 is 0 Å². The van der Waals surface area contributed by atoms with Crippen molar-refractivity contribution in [2.24, 2.45) is 0 Å². The van der Waals surface area contributed by atoms with Crippen molar-refractivity contribution in [1.29, 1.82) is 0 Å². The summed E-state index contributed by atoms with van der Waals surface area (Å²) >= 11 is 0. The first kappa shape index (κ1) is 15.8. The quantitative estimate of drug-likeness (QED) is 0.788. The van der Waals surface area contributed by atoms with Gasteiger partial charge in [-0.1, -0.05) is 38.2 Å². The Morgan fingerprint density at radius 1 is 1.19 bits per heavy atom. The Balaban J connectivity index is 1.69. The predicted molar refractivity (Wildman–Crippen MR) is 83.0 cm³/mol. The standard InChI is InChI=1S/C17H25NO3/c19-17(20)14-7-6-10-16(13-14)21-12-11-18-15-8-4-2-1-3-5-9-15/h6-7,10,13,15,18H,1-5,8-9,11-12H2,(H,19,20). The van der Waals surface area contributed by atoms with Crippen molar-refractivity contribution < 1.29 is 14.6 Å². The average Bonchev–Trinajstić information content (AvgIpc) is 2.45. The second kappa shape index (κ2) is 8.67. The van der Waals surface area contributed by atoms with Gasteiger partial charge >= 0.3 is 5.97 Å². The van der Waals surface area contributed by atoms with Crippen molar-refractivity contribution in [2.45, 2.75) is 51.0 Å². The zero-order valence-electron chi connectivity index (χ0n) is 12.5. The lowest BCUT2D eigenvalue weighted by Crippen LogP contribution is -2.33. The smallest absolute Gasteiger partial charge is 0.335 e. The molecule has 0 radical (unpaired) electrons. The predicted octanol–water partition coefficient (Wildman–Crippen LogP) is 3.47. The molecular formula is C17H25NO3. The van der Waals surface area contributed by atoms with Crippen LogP contribution in [0.5, 0.6) is 5.75 Å². The lowest BCUT2D eigenvalue weighted by Gasteiger charge is -2.21. The van der Waals surface area contributed by atoms with Crippen LogP contribution in [0.15, 0.2) is 24.3 Å². The molecule has 0 bridgehead atoms. The van der Waals surface area contributed by atoms with E-state index in [2.05, 4.69) is 5.32 Å². The fraction of sp³-hybridized carbons (Fsp3) is 0.588. The number of hydrogen-bond acceptors (Lipinski definition) is 3. The molecule has 4 nitrogen and oxygen atoms in total. The zero-order valence-corrected chi connectivity index (χ0v) is 12.5. The Hall–Kier alpha value is -1.55. The SMILES string of the molecule is O=C(O)c1cccc(OCCNC2CCCCCCC2)c1. The minimum atomic E-state index is -0.923. The number of carbonyl (C=O) groups is 1. The van der Waals surface area contributed by atoms with E-state index < -0.39 is 5.97 Å². The molecule has 21 heavy (non-hydrogen) atoms. The summed E-state index contributed by atoms with van der Waals surface area (Å²) in [7, 11) is 0. The van der Waals surface area contributed by atoms with Crippen LogP contribution in [-0.4, -0.2) is 30.3 Å². The van der Waals surface area contributed by atoms with Gasteiger partial charge in [0.05, 0.1) is 5.56 Å². The summed E-state index contributed by atoms with van der Waals surface area (Å²) in [5, 5.41) is 12.5. The Labute approximate surface area is 126 Å². The number of carboxylic acid groups (broad SMARTS) is 1. The van der Waals surface area contributed by atoms with Crippen LogP contribution in [0.25, 0.3) is 0 Å². The third kappa shape index (κ3) is 5.76. The van der Waals surface area contributed by atoms with Crippen LogP contribution in [0, 0.1) is 0 Å². The maximum absolute atomic E-state index is 10.9. The van der Waals surface area contributed by atoms with Crippen LogP contribution in [0.1, 0.15) is 55.3 Å². The normalized spacial score (nSPS) is 17.0.